The van der Waals surface area contributed by atoms with E-state index < -0.39 is 0 Å². The summed E-state index contributed by atoms with van der Waals surface area (Å²) in [6.07, 6.45) is 1.66. The Morgan fingerprint density at radius 3 is 2.31 bits per heavy atom. The number of halogens is 3. The largest absolute Gasteiger partial charge is 0.493 e. The number of carbonyl (C=O) groups is 2. The minimum absolute atomic E-state index is 0.115. The molecule has 1 heterocycles. The van der Waals surface area contributed by atoms with Crippen LogP contribution in [0.15, 0.2) is 74.5 Å². The number of hydrogen-bond donors (Lipinski definition) is 0. The average molecular weight is 637 g/mol. The van der Waals surface area contributed by atoms with Gasteiger partial charge in [-0.25, -0.2) is 4.39 Å². The minimum Gasteiger partial charge on any atom is -0.493 e. The number of imide groups is 1. The molecule has 2 amide bonds. The summed E-state index contributed by atoms with van der Waals surface area (Å²) in [6, 6.07) is 16.8. The first kappa shape index (κ1) is 26.2. The van der Waals surface area contributed by atoms with Crippen molar-refractivity contribution >= 4 is 60.8 Å². The topological polar surface area (TPSA) is 65.1 Å². The van der Waals surface area contributed by atoms with E-state index in [0.717, 1.165) is 22.2 Å². The van der Waals surface area contributed by atoms with Gasteiger partial charge in [-0.15, -0.1) is 0 Å². The lowest BCUT2D eigenvalue weighted by Gasteiger charge is -2.14. The van der Waals surface area contributed by atoms with Gasteiger partial charge in [0.2, 0.25) is 0 Å². The van der Waals surface area contributed by atoms with Crippen LogP contribution in [0.1, 0.15) is 11.1 Å². The number of hydrogen-bond acceptors (Lipinski definition) is 6. The number of benzene rings is 3. The van der Waals surface area contributed by atoms with Crippen molar-refractivity contribution in [2.45, 2.75) is 6.61 Å². The van der Waals surface area contributed by atoms with Gasteiger partial charge >= 0.3 is 0 Å². The maximum absolute atomic E-state index is 13.1. The van der Waals surface area contributed by atoms with Gasteiger partial charge in [0, 0.05) is 0 Å². The summed E-state index contributed by atoms with van der Waals surface area (Å²) in [5, 5.41) is -0.354. The van der Waals surface area contributed by atoms with E-state index in [-0.39, 0.29) is 36.7 Å². The molecule has 0 aromatic heterocycles. The Hall–Kier alpha value is -2.82. The average Bonchev–Trinajstić information content (AvgIpc) is 3.12. The molecule has 0 atom stereocenters. The number of carbonyl (C=O) groups excluding carboxylic acids is 2. The van der Waals surface area contributed by atoms with Crippen molar-refractivity contribution in [3.63, 3.8) is 0 Å². The molecule has 4 rings (SSSR count). The van der Waals surface area contributed by atoms with Crippen molar-refractivity contribution in [1.29, 1.82) is 0 Å². The fraction of sp³-hybridized carbons (Fsp3) is 0.154. The van der Waals surface area contributed by atoms with Crippen LogP contribution < -0.4 is 14.2 Å². The summed E-state index contributed by atoms with van der Waals surface area (Å²) in [6.45, 7) is 0.513. The smallest absolute Gasteiger partial charge is 0.293 e. The van der Waals surface area contributed by atoms with E-state index in [1.54, 1.807) is 49.6 Å². The second-order valence-electron chi connectivity index (χ2n) is 7.56. The van der Waals surface area contributed by atoms with E-state index in [9.17, 15) is 14.0 Å². The predicted molar refractivity (Wildman–Crippen MR) is 144 cm³/mol. The van der Waals surface area contributed by atoms with Crippen molar-refractivity contribution in [3.8, 4) is 17.2 Å². The number of amides is 2. The van der Waals surface area contributed by atoms with E-state index in [1.165, 1.54) is 12.1 Å². The van der Waals surface area contributed by atoms with E-state index in [1.807, 2.05) is 12.1 Å². The summed E-state index contributed by atoms with van der Waals surface area (Å²) in [5.41, 5.74) is 1.53. The van der Waals surface area contributed by atoms with Gasteiger partial charge in [-0.3, -0.25) is 14.5 Å². The lowest BCUT2D eigenvalue weighted by Crippen LogP contribution is -2.32. The number of nitrogens with zero attached hydrogens (tertiary/aromatic N) is 1. The molecule has 36 heavy (non-hydrogen) atoms. The molecule has 0 aliphatic carbocycles. The zero-order valence-electron chi connectivity index (χ0n) is 19.0. The maximum atomic E-state index is 13.1. The van der Waals surface area contributed by atoms with E-state index in [0.29, 0.717) is 36.7 Å². The Kier molecular flexibility index (Phi) is 8.71. The molecule has 0 saturated carbocycles. The van der Waals surface area contributed by atoms with Crippen molar-refractivity contribution in [2.75, 3.05) is 20.3 Å². The number of ether oxygens (including phenoxy) is 3. The minimum atomic E-state index is -0.377. The van der Waals surface area contributed by atoms with Gasteiger partial charge in [-0.05, 0) is 97.2 Å². The Morgan fingerprint density at radius 1 is 0.972 bits per heavy atom. The summed E-state index contributed by atoms with van der Waals surface area (Å²) in [5.74, 6) is 1.00. The SMILES string of the molecule is COc1ccccc1OCCN1C(=O)S/C(=C\c2cc(Br)c(OCc3ccc(F)cc3)c(Br)c2)C1=O. The van der Waals surface area contributed by atoms with E-state index >= 15 is 0 Å². The highest BCUT2D eigenvalue weighted by Gasteiger charge is 2.35. The first-order chi connectivity index (χ1) is 17.4. The molecule has 0 spiro atoms. The van der Waals surface area contributed by atoms with Crippen molar-refractivity contribution in [3.05, 3.63) is 91.5 Å². The second kappa shape index (κ2) is 11.9. The van der Waals surface area contributed by atoms with E-state index in [2.05, 4.69) is 31.9 Å². The fourth-order valence-corrected chi connectivity index (χ4v) is 5.68. The molecule has 3 aromatic carbocycles. The first-order valence-corrected chi connectivity index (χ1v) is 13.1. The fourth-order valence-electron chi connectivity index (χ4n) is 3.37. The highest BCUT2D eigenvalue weighted by Crippen LogP contribution is 2.38. The molecule has 1 fully saturated rings. The highest BCUT2D eigenvalue weighted by molar-refractivity contribution is 9.11. The Labute approximate surface area is 228 Å². The highest BCUT2D eigenvalue weighted by atomic mass is 79.9. The first-order valence-electron chi connectivity index (χ1n) is 10.7. The van der Waals surface area contributed by atoms with Crippen LogP contribution in [-0.2, 0) is 11.4 Å². The lowest BCUT2D eigenvalue weighted by molar-refractivity contribution is -0.123. The number of rotatable bonds is 9. The Morgan fingerprint density at radius 2 is 1.64 bits per heavy atom. The third-order valence-electron chi connectivity index (χ3n) is 5.13. The maximum Gasteiger partial charge on any atom is 0.293 e. The van der Waals surface area contributed by atoms with Gasteiger partial charge in [-0.1, -0.05) is 24.3 Å². The molecule has 1 saturated heterocycles. The molecule has 0 radical (unpaired) electrons. The molecule has 10 heteroatoms. The molecular formula is C26H20Br2FNO5S. The predicted octanol–water partition coefficient (Wildman–Crippen LogP) is 7.05. The van der Waals surface area contributed by atoms with Gasteiger partial charge in [-0.2, -0.15) is 0 Å². The molecule has 1 aliphatic rings. The molecule has 0 bridgehead atoms. The Balaban J connectivity index is 1.40. The summed E-state index contributed by atoms with van der Waals surface area (Å²) >= 11 is 7.88. The molecule has 6 nitrogen and oxygen atoms in total. The van der Waals surface area contributed by atoms with Gasteiger partial charge in [0.05, 0.1) is 27.5 Å². The number of methoxy groups -OCH3 is 1. The van der Waals surface area contributed by atoms with Crippen LogP contribution in [-0.4, -0.2) is 36.3 Å². The van der Waals surface area contributed by atoms with Crippen LogP contribution >= 0.6 is 43.6 Å². The summed E-state index contributed by atoms with van der Waals surface area (Å²) in [7, 11) is 1.55. The monoisotopic (exact) mass is 635 g/mol. The number of thioether (sulfide) groups is 1. The van der Waals surface area contributed by atoms with Gasteiger partial charge in [0.15, 0.2) is 11.5 Å². The van der Waals surface area contributed by atoms with Crippen molar-refractivity contribution in [2.24, 2.45) is 0 Å². The Bertz CT molecular complexity index is 1290. The van der Waals surface area contributed by atoms with Gasteiger partial charge in [0.1, 0.15) is 24.8 Å². The third-order valence-corrected chi connectivity index (χ3v) is 7.22. The standard InChI is InChI=1S/C26H20Br2FNO5S/c1-33-21-4-2-3-5-22(21)34-11-10-30-25(31)23(36-26(30)32)14-17-12-19(27)24(20(28)13-17)35-15-16-6-8-18(29)9-7-16/h2-9,12-14H,10-11,15H2,1H3/b23-14-. The number of para-hydroxylation sites is 2. The zero-order chi connectivity index (χ0) is 25.7. The van der Waals surface area contributed by atoms with E-state index in [4.69, 9.17) is 14.2 Å². The summed E-state index contributed by atoms with van der Waals surface area (Å²) in [4.78, 5) is 26.8. The molecule has 0 N–H and O–H groups in total. The van der Waals surface area contributed by atoms with Gasteiger partial charge in [0.25, 0.3) is 11.1 Å². The second-order valence-corrected chi connectivity index (χ2v) is 10.3. The van der Waals surface area contributed by atoms with Crippen LogP contribution in [0.3, 0.4) is 0 Å². The van der Waals surface area contributed by atoms with Crippen LogP contribution in [0.2, 0.25) is 0 Å². The molecule has 3 aromatic rings. The van der Waals surface area contributed by atoms with Crippen molar-refractivity contribution in [1.82, 2.24) is 4.90 Å². The molecule has 1 aliphatic heterocycles. The molecule has 0 unspecified atom stereocenters. The zero-order valence-corrected chi connectivity index (χ0v) is 23.0. The molecular weight excluding hydrogens is 617 g/mol. The van der Waals surface area contributed by atoms with Crippen LogP contribution in [0.25, 0.3) is 6.08 Å². The quantitative estimate of drug-likeness (QED) is 0.235. The van der Waals surface area contributed by atoms with Crippen molar-refractivity contribution < 1.29 is 28.2 Å². The normalized spacial score (nSPS) is 14.4. The summed E-state index contributed by atoms with van der Waals surface area (Å²) < 4.78 is 31.3. The van der Waals surface area contributed by atoms with Crippen LogP contribution in [0.5, 0.6) is 17.2 Å². The third kappa shape index (κ3) is 6.29. The van der Waals surface area contributed by atoms with Crippen LogP contribution in [0, 0.1) is 5.82 Å². The van der Waals surface area contributed by atoms with Crippen LogP contribution in [0.4, 0.5) is 9.18 Å². The van der Waals surface area contributed by atoms with Gasteiger partial charge < -0.3 is 14.2 Å². The lowest BCUT2D eigenvalue weighted by atomic mass is 10.2. The molecule has 186 valence electrons.